The van der Waals surface area contributed by atoms with Crippen LogP contribution in [0.3, 0.4) is 0 Å². The Morgan fingerprint density at radius 2 is 1.90 bits per heavy atom. The minimum absolute atomic E-state index is 0.0252. The molecule has 20 heavy (non-hydrogen) atoms. The van der Waals surface area contributed by atoms with Crippen molar-refractivity contribution in [2.24, 2.45) is 0 Å². The largest absolute Gasteiger partial charge is 0.291 e. The lowest BCUT2D eigenvalue weighted by atomic mass is 9.95. The molecule has 0 saturated heterocycles. The van der Waals surface area contributed by atoms with E-state index in [1.165, 1.54) is 11.3 Å². The Labute approximate surface area is 126 Å². The number of ketones is 1. The normalized spacial score (nSPS) is 11.9. The van der Waals surface area contributed by atoms with Crippen LogP contribution in [-0.4, -0.2) is 5.78 Å². The van der Waals surface area contributed by atoms with E-state index in [1.54, 1.807) is 6.07 Å². The molecule has 0 bridgehead atoms. The SMILES string of the molecule is Cc1cc(C(=O)C(C#N)c2cc(F)cc(F)c2)sc1Br. The van der Waals surface area contributed by atoms with Gasteiger partial charge in [0.05, 0.1) is 14.7 Å². The Hall–Kier alpha value is -1.58. The highest BCUT2D eigenvalue weighted by molar-refractivity contribution is 9.11. The first-order valence-electron chi connectivity index (χ1n) is 5.58. The van der Waals surface area contributed by atoms with Crippen molar-refractivity contribution in [2.45, 2.75) is 12.8 Å². The second kappa shape index (κ2) is 5.81. The van der Waals surface area contributed by atoms with E-state index in [0.29, 0.717) is 10.9 Å². The molecule has 0 aliphatic carbocycles. The van der Waals surface area contributed by atoms with Crippen LogP contribution >= 0.6 is 27.3 Å². The van der Waals surface area contributed by atoms with Gasteiger partial charge >= 0.3 is 0 Å². The van der Waals surface area contributed by atoms with Gasteiger partial charge in [-0.25, -0.2) is 8.78 Å². The van der Waals surface area contributed by atoms with Gasteiger partial charge in [0.1, 0.15) is 17.6 Å². The number of thiophene rings is 1. The quantitative estimate of drug-likeness (QED) is 0.755. The molecule has 0 aliphatic rings. The van der Waals surface area contributed by atoms with Crippen LogP contribution in [0.1, 0.15) is 26.7 Å². The summed E-state index contributed by atoms with van der Waals surface area (Å²) in [4.78, 5) is 12.7. The zero-order valence-corrected chi connectivity index (χ0v) is 12.7. The van der Waals surface area contributed by atoms with Crippen LogP contribution in [0.4, 0.5) is 8.78 Å². The van der Waals surface area contributed by atoms with Crippen molar-refractivity contribution in [3.05, 3.63) is 55.7 Å². The van der Waals surface area contributed by atoms with Crippen molar-refractivity contribution in [2.75, 3.05) is 0 Å². The molecule has 0 spiro atoms. The van der Waals surface area contributed by atoms with Gasteiger partial charge < -0.3 is 0 Å². The maximum absolute atomic E-state index is 13.2. The van der Waals surface area contributed by atoms with Gasteiger partial charge in [-0.2, -0.15) is 5.26 Å². The first-order chi connectivity index (χ1) is 9.42. The van der Waals surface area contributed by atoms with Crippen molar-refractivity contribution in [1.29, 1.82) is 5.26 Å². The summed E-state index contributed by atoms with van der Waals surface area (Å²) in [6.07, 6.45) is 0. The molecule has 2 nitrogen and oxygen atoms in total. The molecule has 102 valence electrons. The average molecular weight is 356 g/mol. The van der Waals surface area contributed by atoms with Crippen LogP contribution in [0.2, 0.25) is 0 Å². The number of hydrogen-bond acceptors (Lipinski definition) is 3. The first-order valence-corrected chi connectivity index (χ1v) is 7.19. The van der Waals surface area contributed by atoms with Gasteiger partial charge in [0.15, 0.2) is 5.78 Å². The maximum Gasteiger partial charge on any atom is 0.194 e. The molecule has 1 aromatic heterocycles. The van der Waals surface area contributed by atoms with E-state index in [4.69, 9.17) is 5.26 Å². The number of Topliss-reactive ketones (excluding diaryl/α,β-unsaturated/α-hetero) is 1. The summed E-state index contributed by atoms with van der Waals surface area (Å²) < 4.78 is 27.2. The van der Waals surface area contributed by atoms with E-state index in [1.807, 2.05) is 13.0 Å². The Balaban J connectivity index is 2.42. The Kier molecular flexibility index (Phi) is 4.31. The highest BCUT2D eigenvalue weighted by Gasteiger charge is 2.25. The number of carbonyl (C=O) groups excluding carboxylic acids is 1. The summed E-state index contributed by atoms with van der Waals surface area (Å²) in [5, 5.41) is 9.15. The molecule has 1 unspecified atom stereocenters. The minimum Gasteiger partial charge on any atom is -0.291 e. The van der Waals surface area contributed by atoms with Gasteiger partial charge in [0.2, 0.25) is 0 Å². The highest BCUT2D eigenvalue weighted by atomic mass is 79.9. The van der Waals surface area contributed by atoms with E-state index in [2.05, 4.69) is 15.9 Å². The second-order valence-electron chi connectivity index (χ2n) is 4.20. The predicted octanol–water partition coefficient (Wildman–Crippen LogP) is 4.59. The van der Waals surface area contributed by atoms with Gasteiger partial charge in [-0.05, 0) is 52.2 Å². The fourth-order valence-corrected chi connectivity index (χ4v) is 3.25. The van der Waals surface area contributed by atoms with E-state index in [-0.39, 0.29) is 5.56 Å². The number of benzene rings is 1. The summed E-state index contributed by atoms with van der Waals surface area (Å²) in [6.45, 7) is 1.82. The fourth-order valence-electron chi connectivity index (χ4n) is 1.75. The third-order valence-corrected chi connectivity index (χ3v) is 4.86. The number of halogens is 3. The summed E-state index contributed by atoms with van der Waals surface area (Å²) in [5.41, 5.74) is 0.901. The summed E-state index contributed by atoms with van der Waals surface area (Å²) in [6, 6.07) is 6.17. The lowest BCUT2D eigenvalue weighted by Gasteiger charge is -2.07. The molecule has 2 aromatic rings. The lowest BCUT2D eigenvalue weighted by molar-refractivity contribution is 0.0982. The molecule has 0 N–H and O–H groups in total. The molecule has 2 rings (SSSR count). The average Bonchev–Trinajstić information content (AvgIpc) is 2.69. The van der Waals surface area contributed by atoms with Crippen LogP contribution in [0.5, 0.6) is 0 Å². The topological polar surface area (TPSA) is 40.9 Å². The van der Waals surface area contributed by atoms with Gasteiger partial charge in [0, 0.05) is 6.07 Å². The van der Waals surface area contributed by atoms with Gasteiger partial charge in [0.25, 0.3) is 0 Å². The molecule has 0 aliphatic heterocycles. The van der Waals surface area contributed by atoms with E-state index >= 15 is 0 Å². The Morgan fingerprint density at radius 1 is 1.30 bits per heavy atom. The van der Waals surface area contributed by atoms with Crippen molar-refractivity contribution in [1.82, 2.24) is 0 Å². The second-order valence-corrected chi connectivity index (χ2v) is 6.57. The smallest absolute Gasteiger partial charge is 0.194 e. The van der Waals surface area contributed by atoms with Crippen molar-refractivity contribution < 1.29 is 13.6 Å². The van der Waals surface area contributed by atoms with Crippen molar-refractivity contribution in [3.63, 3.8) is 0 Å². The zero-order chi connectivity index (χ0) is 14.9. The van der Waals surface area contributed by atoms with Crippen LogP contribution < -0.4 is 0 Å². The number of hydrogen-bond donors (Lipinski definition) is 0. The molecule has 1 atom stereocenters. The van der Waals surface area contributed by atoms with Gasteiger partial charge in [-0.15, -0.1) is 11.3 Å². The fraction of sp³-hybridized carbons (Fsp3) is 0.143. The zero-order valence-electron chi connectivity index (χ0n) is 10.3. The highest BCUT2D eigenvalue weighted by Crippen LogP contribution is 2.31. The van der Waals surface area contributed by atoms with Crippen LogP contribution in [0, 0.1) is 29.9 Å². The standard InChI is InChI=1S/C14H8BrF2NOS/c1-7-2-12(20-14(7)15)13(19)11(6-18)8-3-9(16)5-10(17)4-8/h2-5,11H,1H3. The summed E-state index contributed by atoms with van der Waals surface area (Å²) >= 11 is 4.50. The van der Waals surface area contributed by atoms with E-state index in [9.17, 15) is 13.6 Å². The Bertz CT molecular complexity index is 681. The van der Waals surface area contributed by atoms with Gasteiger partial charge in [-0.3, -0.25) is 4.79 Å². The molecule has 6 heteroatoms. The molecular formula is C14H8BrF2NOS. The van der Waals surface area contributed by atoms with Crippen LogP contribution in [0.25, 0.3) is 0 Å². The number of carbonyl (C=O) groups is 1. The van der Waals surface area contributed by atoms with Crippen LogP contribution in [0.15, 0.2) is 28.1 Å². The van der Waals surface area contributed by atoms with E-state index in [0.717, 1.165) is 21.5 Å². The van der Waals surface area contributed by atoms with Gasteiger partial charge in [-0.1, -0.05) is 0 Å². The number of nitriles is 1. The third-order valence-electron chi connectivity index (χ3n) is 2.71. The maximum atomic E-state index is 13.2. The minimum atomic E-state index is -1.22. The van der Waals surface area contributed by atoms with E-state index < -0.39 is 23.3 Å². The molecule has 1 aromatic carbocycles. The molecule has 0 saturated carbocycles. The number of nitrogens with zero attached hydrogens (tertiary/aromatic N) is 1. The molecular weight excluding hydrogens is 348 g/mol. The number of aryl methyl sites for hydroxylation is 1. The summed E-state index contributed by atoms with van der Waals surface area (Å²) in [5.74, 6) is -3.30. The first kappa shape index (κ1) is 14.8. The summed E-state index contributed by atoms with van der Waals surface area (Å²) in [7, 11) is 0. The Morgan fingerprint density at radius 3 is 2.35 bits per heavy atom. The van der Waals surface area contributed by atoms with Crippen LogP contribution in [-0.2, 0) is 0 Å². The molecule has 0 amide bonds. The molecule has 0 fully saturated rings. The predicted molar refractivity (Wildman–Crippen MR) is 75.8 cm³/mol. The monoisotopic (exact) mass is 355 g/mol. The number of rotatable bonds is 3. The third kappa shape index (κ3) is 2.94. The lowest BCUT2D eigenvalue weighted by Crippen LogP contribution is -2.10. The van der Waals surface area contributed by atoms with Crippen molar-refractivity contribution in [3.8, 4) is 6.07 Å². The molecule has 1 heterocycles. The molecule has 0 radical (unpaired) electrons. The van der Waals surface area contributed by atoms with Crippen molar-refractivity contribution >= 4 is 33.0 Å².